The molecule has 0 spiro atoms. The Kier molecular flexibility index (Phi) is 4.29. The molecule has 2 aromatic rings. The van der Waals surface area contributed by atoms with Crippen molar-refractivity contribution in [3.05, 3.63) is 41.6 Å². The van der Waals surface area contributed by atoms with Crippen molar-refractivity contribution in [2.24, 2.45) is 5.92 Å². The quantitative estimate of drug-likeness (QED) is 0.903. The molecule has 1 unspecified atom stereocenters. The molecule has 7 heteroatoms. The molecule has 132 valence electrons. The first-order valence-corrected chi connectivity index (χ1v) is 8.79. The first kappa shape index (κ1) is 15.9. The molecule has 2 aliphatic rings. The topological polar surface area (TPSA) is 82.4 Å². The van der Waals surface area contributed by atoms with Crippen molar-refractivity contribution in [3.8, 4) is 0 Å². The predicted molar refractivity (Wildman–Crippen MR) is 89.7 cm³/mol. The number of nitrogens with one attached hydrogen (secondary N) is 1. The number of carbonyl (C=O) groups excluding carboxylic acids is 2. The summed E-state index contributed by atoms with van der Waals surface area (Å²) in [6, 6.07) is 1.81. The van der Waals surface area contributed by atoms with E-state index in [1.54, 1.807) is 12.5 Å². The fraction of sp³-hybridized carbons (Fsp3) is 0.500. The number of amides is 2. The molecule has 7 nitrogen and oxygen atoms in total. The zero-order valence-electron chi connectivity index (χ0n) is 14.1. The van der Waals surface area contributed by atoms with Crippen molar-refractivity contribution >= 4 is 11.8 Å². The maximum atomic E-state index is 12.8. The lowest BCUT2D eigenvalue weighted by Gasteiger charge is -2.37. The fourth-order valence-electron chi connectivity index (χ4n) is 3.74. The van der Waals surface area contributed by atoms with E-state index in [0.29, 0.717) is 32.6 Å². The molecule has 0 bridgehead atoms. The van der Waals surface area contributed by atoms with Gasteiger partial charge in [0.1, 0.15) is 0 Å². The number of piperazine rings is 1. The van der Waals surface area contributed by atoms with E-state index in [-0.39, 0.29) is 17.7 Å². The largest absolute Gasteiger partial charge is 0.472 e. The van der Waals surface area contributed by atoms with Crippen molar-refractivity contribution in [3.63, 3.8) is 0 Å². The SMILES string of the molecule is O=C(Cc1ccoc1)N1CCN(C(=O)C2CCc3[nH]ncc3C2)CC1. The molecule has 4 rings (SSSR count). The Bertz CT molecular complexity index is 744. The van der Waals surface area contributed by atoms with Crippen molar-refractivity contribution < 1.29 is 14.0 Å². The predicted octanol–water partition coefficient (Wildman–Crippen LogP) is 1.02. The van der Waals surface area contributed by atoms with Crippen LogP contribution in [-0.2, 0) is 28.9 Å². The van der Waals surface area contributed by atoms with Crippen LogP contribution in [0.25, 0.3) is 0 Å². The zero-order chi connectivity index (χ0) is 17.2. The Morgan fingerprint density at radius 1 is 1.24 bits per heavy atom. The van der Waals surface area contributed by atoms with Crippen LogP contribution in [0.15, 0.2) is 29.2 Å². The number of carbonyl (C=O) groups is 2. The number of aryl methyl sites for hydroxylation is 1. The number of furan rings is 1. The van der Waals surface area contributed by atoms with Crippen LogP contribution in [0.4, 0.5) is 0 Å². The van der Waals surface area contributed by atoms with Crippen LogP contribution < -0.4 is 0 Å². The van der Waals surface area contributed by atoms with E-state index in [1.165, 1.54) is 11.3 Å². The van der Waals surface area contributed by atoms with Gasteiger partial charge in [0.2, 0.25) is 11.8 Å². The molecular formula is C18H22N4O3. The molecule has 1 N–H and O–H groups in total. The van der Waals surface area contributed by atoms with Crippen LogP contribution in [-0.4, -0.2) is 58.0 Å². The number of rotatable bonds is 3. The van der Waals surface area contributed by atoms with Gasteiger partial charge in [0.05, 0.1) is 25.1 Å². The molecule has 25 heavy (non-hydrogen) atoms. The van der Waals surface area contributed by atoms with E-state index in [0.717, 1.165) is 24.8 Å². The maximum Gasteiger partial charge on any atom is 0.227 e. The third-order valence-corrected chi connectivity index (χ3v) is 5.25. The lowest BCUT2D eigenvalue weighted by Crippen LogP contribution is -2.52. The molecule has 0 saturated carbocycles. The van der Waals surface area contributed by atoms with Crippen LogP contribution in [0.3, 0.4) is 0 Å². The van der Waals surface area contributed by atoms with Gasteiger partial charge in [0.25, 0.3) is 0 Å². The molecule has 1 aliphatic heterocycles. The zero-order valence-corrected chi connectivity index (χ0v) is 14.1. The third kappa shape index (κ3) is 3.31. The van der Waals surface area contributed by atoms with E-state index in [1.807, 2.05) is 22.1 Å². The molecule has 0 radical (unpaired) electrons. The number of nitrogens with zero attached hydrogens (tertiary/aromatic N) is 3. The molecule has 3 heterocycles. The number of H-pyrrole nitrogens is 1. The second kappa shape index (κ2) is 6.74. The average Bonchev–Trinajstić information content (AvgIpc) is 3.32. The maximum absolute atomic E-state index is 12.8. The Balaban J connectivity index is 1.30. The van der Waals surface area contributed by atoms with Gasteiger partial charge in [-0.3, -0.25) is 14.7 Å². The monoisotopic (exact) mass is 342 g/mol. The van der Waals surface area contributed by atoms with Gasteiger partial charge in [0, 0.05) is 37.8 Å². The molecule has 1 aliphatic carbocycles. The lowest BCUT2D eigenvalue weighted by atomic mass is 9.87. The first-order chi connectivity index (χ1) is 12.2. The highest BCUT2D eigenvalue weighted by Gasteiger charge is 2.31. The molecule has 1 fully saturated rings. The second-order valence-corrected chi connectivity index (χ2v) is 6.83. The average molecular weight is 342 g/mol. The summed E-state index contributed by atoms with van der Waals surface area (Å²) in [7, 11) is 0. The smallest absolute Gasteiger partial charge is 0.227 e. The Morgan fingerprint density at radius 3 is 2.80 bits per heavy atom. The summed E-state index contributed by atoms with van der Waals surface area (Å²) < 4.78 is 5.01. The van der Waals surface area contributed by atoms with E-state index >= 15 is 0 Å². The fourth-order valence-corrected chi connectivity index (χ4v) is 3.74. The lowest BCUT2D eigenvalue weighted by molar-refractivity contribution is -0.142. The summed E-state index contributed by atoms with van der Waals surface area (Å²) in [5.74, 6) is 0.348. The Morgan fingerprint density at radius 2 is 2.04 bits per heavy atom. The highest BCUT2D eigenvalue weighted by atomic mass is 16.3. The summed E-state index contributed by atoms with van der Waals surface area (Å²) in [6.07, 6.45) is 7.89. The number of aromatic nitrogens is 2. The van der Waals surface area contributed by atoms with E-state index in [9.17, 15) is 9.59 Å². The van der Waals surface area contributed by atoms with Crippen molar-refractivity contribution in [1.82, 2.24) is 20.0 Å². The third-order valence-electron chi connectivity index (χ3n) is 5.25. The highest BCUT2D eigenvalue weighted by Crippen LogP contribution is 2.25. The first-order valence-electron chi connectivity index (χ1n) is 8.79. The van der Waals surface area contributed by atoms with Gasteiger partial charge in [-0.2, -0.15) is 5.10 Å². The molecule has 0 aromatic carbocycles. The molecule has 2 amide bonds. The standard InChI is InChI=1S/C18H22N4O3/c23-17(9-13-3-8-25-12-13)21-4-6-22(7-5-21)18(24)14-1-2-16-15(10-14)11-19-20-16/h3,8,11-12,14H,1-2,4-7,9-10H2,(H,19,20). The summed E-state index contributed by atoms with van der Waals surface area (Å²) in [6.45, 7) is 2.44. The van der Waals surface area contributed by atoms with Crippen LogP contribution in [0.5, 0.6) is 0 Å². The van der Waals surface area contributed by atoms with Crippen molar-refractivity contribution in [1.29, 1.82) is 0 Å². The second-order valence-electron chi connectivity index (χ2n) is 6.83. The summed E-state index contributed by atoms with van der Waals surface area (Å²) in [4.78, 5) is 28.9. The van der Waals surface area contributed by atoms with Crippen LogP contribution in [0.2, 0.25) is 0 Å². The summed E-state index contributed by atoms with van der Waals surface area (Å²) >= 11 is 0. The number of hydrogen-bond donors (Lipinski definition) is 1. The minimum absolute atomic E-state index is 0.0401. The highest BCUT2D eigenvalue weighted by molar-refractivity contribution is 5.81. The van der Waals surface area contributed by atoms with Gasteiger partial charge < -0.3 is 14.2 Å². The normalized spacial score (nSPS) is 20.4. The number of fused-ring (bicyclic) bond motifs is 1. The Hall–Kier alpha value is -2.57. The molecule has 1 atom stereocenters. The van der Waals surface area contributed by atoms with Gasteiger partial charge in [0.15, 0.2) is 0 Å². The van der Waals surface area contributed by atoms with Gasteiger partial charge in [-0.15, -0.1) is 0 Å². The molecule has 1 saturated heterocycles. The van der Waals surface area contributed by atoms with E-state index in [4.69, 9.17) is 4.42 Å². The van der Waals surface area contributed by atoms with Crippen LogP contribution in [0, 0.1) is 5.92 Å². The van der Waals surface area contributed by atoms with Crippen molar-refractivity contribution in [2.75, 3.05) is 26.2 Å². The van der Waals surface area contributed by atoms with Crippen LogP contribution >= 0.6 is 0 Å². The minimum atomic E-state index is 0.0401. The van der Waals surface area contributed by atoms with Gasteiger partial charge in [-0.05, 0) is 36.5 Å². The Labute approximate surface area is 146 Å². The number of hydrogen-bond acceptors (Lipinski definition) is 4. The van der Waals surface area contributed by atoms with Gasteiger partial charge in [-0.1, -0.05) is 0 Å². The van der Waals surface area contributed by atoms with Gasteiger partial charge >= 0.3 is 0 Å². The summed E-state index contributed by atoms with van der Waals surface area (Å²) in [5, 5.41) is 7.08. The molecule has 2 aromatic heterocycles. The van der Waals surface area contributed by atoms with E-state index in [2.05, 4.69) is 10.2 Å². The molecular weight excluding hydrogens is 320 g/mol. The summed E-state index contributed by atoms with van der Waals surface area (Å²) in [5.41, 5.74) is 3.22. The van der Waals surface area contributed by atoms with Crippen LogP contribution in [0.1, 0.15) is 23.2 Å². The van der Waals surface area contributed by atoms with E-state index < -0.39 is 0 Å². The van der Waals surface area contributed by atoms with Crippen molar-refractivity contribution in [2.45, 2.75) is 25.7 Å². The van der Waals surface area contributed by atoms with Gasteiger partial charge in [-0.25, -0.2) is 0 Å². The number of aromatic amines is 1. The minimum Gasteiger partial charge on any atom is -0.472 e.